The zero-order valence-electron chi connectivity index (χ0n) is 11.3. The maximum Gasteiger partial charge on any atom is 0.103 e. The van der Waals surface area contributed by atoms with E-state index in [0.717, 1.165) is 44.2 Å². The second kappa shape index (κ2) is 8.31. The number of hydrogen-bond donors (Lipinski definition) is 2. The van der Waals surface area contributed by atoms with Crippen molar-refractivity contribution in [1.82, 2.24) is 10.6 Å². The zero-order chi connectivity index (χ0) is 12.5. The molecule has 1 heterocycles. The average molecular weight is 238 g/mol. The SMILES string of the molecule is CC(C)CNCC(C)NCCCc1ccco1. The summed E-state index contributed by atoms with van der Waals surface area (Å²) < 4.78 is 5.29. The highest BCUT2D eigenvalue weighted by atomic mass is 16.3. The van der Waals surface area contributed by atoms with Gasteiger partial charge in [0.1, 0.15) is 5.76 Å². The highest BCUT2D eigenvalue weighted by Gasteiger charge is 2.01. The molecule has 0 fully saturated rings. The number of aryl methyl sites for hydroxylation is 1. The van der Waals surface area contributed by atoms with E-state index in [-0.39, 0.29) is 0 Å². The lowest BCUT2D eigenvalue weighted by molar-refractivity contribution is 0.457. The molecule has 98 valence electrons. The summed E-state index contributed by atoms with van der Waals surface area (Å²) >= 11 is 0. The number of hydrogen-bond acceptors (Lipinski definition) is 3. The van der Waals surface area contributed by atoms with Gasteiger partial charge in [-0.2, -0.15) is 0 Å². The van der Waals surface area contributed by atoms with E-state index in [1.54, 1.807) is 6.26 Å². The Hall–Kier alpha value is -0.800. The van der Waals surface area contributed by atoms with Crippen LogP contribution in [-0.4, -0.2) is 25.7 Å². The Morgan fingerprint density at radius 3 is 2.71 bits per heavy atom. The molecule has 0 spiro atoms. The molecule has 17 heavy (non-hydrogen) atoms. The summed E-state index contributed by atoms with van der Waals surface area (Å²) in [6.07, 6.45) is 3.88. The van der Waals surface area contributed by atoms with Crippen LogP contribution in [-0.2, 0) is 6.42 Å². The largest absolute Gasteiger partial charge is 0.469 e. The fourth-order valence-corrected chi connectivity index (χ4v) is 1.73. The first-order valence-corrected chi connectivity index (χ1v) is 6.65. The van der Waals surface area contributed by atoms with Crippen LogP contribution < -0.4 is 10.6 Å². The maximum atomic E-state index is 5.29. The predicted octanol–water partition coefficient (Wildman–Crippen LogP) is 2.44. The fraction of sp³-hybridized carbons (Fsp3) is 0.714. The molecule has 1 rings (SSSR count). The molecule has 0 aromatic carbocycles. The Morgan fingerprint density at radius 1 is 1.24 bits per heavy atom. The van der Waals surface area contributed by atoms with Gasteiger partial charge in [-0.05, 0) is 44.5 Å². The molecule has 0 aliphatic rings. The summed E-state index contributed by atoms with van der Waals surface area (Å²) in [5.74, 6) is 1.80. The summed E-state index contributed by atoms with van der Waals surface area (Å²) in [7, 11) is 0. The molecule has 1 aromatic rings. The first kappa shape index (κ1) is 14.3. The minimum Gasteiger partial charge on any atom is -0.469 e. The van der Waals surface area contributed by atoms with Gasteiger partial charge in [-0.25, -0.2) is 0 Å². The van der Waals surface area contributed by atoms with Crippen LogP contribution in [0.25, 0.3) is 0 Å². The van der Waals surface area contributed by atoms with E-state index in [4.69, 9.17) is 4.42 Å². The van der Waals surface area contributed by atoms with Crippen LogP contribution in [0, 0.1) is 5.92 Å². The zero-order valence-corrected chi connectivity index (χ0v) is 11.3. The molecule has 0 aliphatic carbocycles. The predicted molar refractivity (Wildman–Crippen MR) is 72.2 cm³/mol. The van der Waals surface area contributed by atoms with E-state index in [1.807, 2.05) is 12.1 Å². The Morgan fingerprint density at radius 2 is 2.06 bits per heavy atom. The van der Waals surface area contributed by atoms with E-state index in [1.165, 1.54) is 0 Å². The van der Waals surface area contributed by atoms with Crippen LogP contribution in [0.1, 0.15) is 33.0 Å². The van der Waals surface area contributed by atoms with E-state index < -0.39 is 0 Å². The van der Waals surface area contributed by atoms with Crippen molar-refractivity contribution in [3.8, 4) is 0 Å². The molecule has 2 N–H and O–H groups in total. The van der Waals surface area contributed by atoms with E-state index in [0.29, 0.717) is 6.04 Å². The number of nitrogens with one attached hydrogen (secondary N) is 2. The van der Waals surface area contributed by atoms with E-state index >= 15 is 0 Å². The molecular formula is C14H26N2O. The van der Waals surface area contributed by atoms with Gasteiger partial charge in [-0.3, -0.25) is 0 Å². The molecule has 3 heteroatoms. The third-order valence-corrected chi connectivity index (χ3v) is 2.68. The molecule has 0 bridgehead atoms. The molecule has 3 nitrogen and oxygen atoms in total. The van der Waals surface area contributed by atoms with Gasteiger partial charge >= 0.3 is 0 Å². The molecule has 0 saturated carbocycles. The lowest BCUT2D eigenvalue weighted by atomic mass is 10.2. The molecule has 1 unspecified atom stereocenters. The van der Waals surface area contributed by atoms with Crippen molar-refractivity contribution in [2.75, 3.05) is 19.6 Å². The fourth-order valence-electron chi connectivity index (χ4n) is 1.73. The monoisotopic (exact) mass is 238 g/mol. The summed E-state index contributed by atoms with van der Waals surface area (Å²) in [5.41, 5.74) is 0. The molecule has 1 aromatic heterocycles. The lowest BCUT2D eigenvalue weighted by Crippen LogP contribution is -2.38. The topological polar surface area (TPSA) is 37.2 Å². The van der Waals surface area contributed by atoms with Crippen LogP contribution in [0.5, 0.6) is 0 Å². The lowest BCUT2D eigenvalue weighted by Gasteiger charge is -2.15. The van der Waals surface area contributed by atoms with Gasteiger partial charge in [0.15, 0.2) is 0 Å². The molecule has 0 radical (unpaired) electrons. The van der Waals surface area contributed by atoms with Crippen LogP contribution in [0.15, 0.2) is 22.8 Å². The summed E-state index contributed by atoms with van der Waals surface area (Å²) in [4.78, 5) is 0. The standard InChI is InChI=1S/C14H26N2O/c1-12(2)10-15-11-13(3)16-8-4-6-14-7-5-9-17-14/h5,7,9,12-13,15-16H,4,6,8,10-11H2,1-3H3. The summed E-state index contributed by atoms with van der Waals surface area (Å²) in [6.45, 7) is 9.87. The van der Waals surface area contributed by atoms with Crippen molar-refractivity contribution in [3.63, 3.8) is 0 Å². The maximum absolute atomic E-state index is 5.29. The second-order valence-electron chi connectivity index (χ2n) is 5.09. The molecular weight excluding hydrogens is 212 g/mol. The molecule has 0 aliphatic heterocycles. The third kappa shape index (κ3) is 7.18. The van der Waals surface area contributed by atoms with Crippen LogP contribution in [0.2, 0.25) is 0 Å². The van der Waals surface area contributed by atoms with Crippen LogP contribution >= 0.6 is 0 Å². The highest BCUT2D eigenvalue weighted by Crippen LogP contribution is 2.02. The van der Waals surface area contributed by atoms with Crippen LogP contribution in [0.3, 0.4) is 0 Å². The quantitative estimate of drug-likeness (QED) is 0.649. The molecule has 0 amide bonds. The van der Waals surface area contributed by atoms with Gasteiger partial charge in [0.2, 0.25) is 0 Å². The van der Waals surface area contributed by atoms with Crippen molar-refractivity contribution in [3.05, 3.63) is 24.2 Å². The first-order chi connectivity index (χ1) is 8.18. The van der Waals surface area contributed by atoms with Gasteiger partial charge in [0.05, 0.1) is 6.26 Å². The number of furan rings is 1. The van der Waals surface area contributed by atoms with Crippen LogP contribution in [0.4, 0.5) is 0 Å². The average Bonchev–Trinajstić information content (AvgIpc) is 2.76. The Balaban J connectivity index is 1.95. The minimum absolute atomic E-state index is 0.533. The van der Waals surface area contributed by atoms with Gasteiger partial charge in [-0.15, -0.1) is 0 Å². The second-order valence-corrected chi connectivity index (χ2v) is 5.09. The van der Waals surface area contributed by atoms with Gasteiger partial charge in [0, 0.05) is 19.0 Å². The van der Waals surface area contributed by atoms with E-state index in [2.05, 4.69) is 31.4 Å². The molecule has 1 atom stereocenters. The van der Waals surface area contributed by atoms with Gasteiger partial charge in [0.25, 0.3) is 0 Å². The Kier molecular flexibility index (Phi) is 6.97. The summed E-state index contributed by atoms with van der Waals surface area (Å²) in [6, 6.07) is 4.51. The normalized spacial score (nSPS) is 13.2. The first-order valence-electron chi connectivity index (χ1n) is 6.65. The minimum atomic E-state index is 0.533. The smallest absolute Gasteiger partial charge is 0.103 e. The van der Waals surface area contributed by atoms with E-state index in [9.17, 15) is 0 Å². The van der Waals surface area contributed by atoms with Gasteiger partial charge < -0.3 is 15.1 Å². The van der Waals surface area contributed by atoms with Crippen molar-refractivity contribution in [1.29, 1.82) is 0 Å². The Labute approximate surface area is 105 Å². The Bertz CT molecular complexity index is 270. The van der Waals surface area contributed by atoms with Crippen molar-refractivity contribution in [2.45, 2.75) is 39.7 Å². The van der Waals surface area contributed by atoms with Crippen molar-refractivity contribution < 1.29 is 4.42 Å². The van der Waals surface area contributed by atoms with Crippen molar-refractivity contribution in [2.24, 2.45) is 5.92 Å². The van der Waals surface area contributed by atoms with Gasteiger partial charge in [-0.1, -0.05) is 13.8 Å². The van der Waals surface area contributed by atoms with Crippen molar-refractivity contribution >= 4 is 0 Å². The molecule has 0 saturated heterocycles. The third-order valence-electron chi connectivity index (χ3n) is 2.68. The highest BCUT2D eigenvalue weighted by molar-refractivity contribution is 4.97. The summed E-state index contributed by atoms with van der Waals surface area (Å²) in [5, 5.41) is 6.97. The number of rotatable bonds is 9.